The quantitative estimate of drug-likeness (QED) is 0.430. The van der Waals surface area contributed by atoms with Gasteiger partial charge >= 0.3 is 0 Å². The van der Waals surface area contributed by atoms with E-state index in [1.165, 1.54) is 18.2 Å². The molecule has 1 aromatic carbocycles. The number of nitrogens with one attached hydrogen (secondary N) is 1. The number of rotatable bonds is 1. The van der Waals surface area contributed by atoms with E-state index >= 15 is 0 Å². The molecule has 7 heteroatoms. The van der Waals surface area contributed by atoms with Crippen LogP contribution in [0.2, 0.25) is 0 Å². The second-order valence-electron chi connectivity index (χ2n) is 5.06. The number of carbonyl (C=O) groups excluding carboxylic acids is 4. The van der Waals surface area contributed by atoms with E-state index in [9.17, 15) is 19.2 Å². The van der Waals surface area contributed by atoms with Crippen LogP contribution in [0.3, 0.4) is 0 Å². The Labute approximate surface area is 125 Å². The highest BCUT2D eigenvalue weighted by Crippen LogP contribution is 2.31. The number of nitrogens with two attached hydrogens (primary N) is 1. The Morgan fingerprint density at radius 1 is 1.14 bits per heavy atom. The molecule has 22 heavy (non-hydrogen) atoms. The van der Waals surface area contributed by atoms with Crippen LogP contribution in [0.5, 0.6) is 0 Å². The van der Waals surface area contributed by atoms with Gasteiger partial charge in [-0.15, -0.1) is 0 Å². The molecule has 110 valence electrons. The van der Waals surface area contributed by atoms with Gasteiger partial charge in [-0.1, -0.05) is 0 Å². The smallest absolute Gasteiger partial charge is 0.262 e. The molecule has 2 heterocycles. The molecule has 0 spiro atoms. The number of allylic oxidation sites excluding steroid dienone is 1. The van der Waals surface area contributed by atoms with E-state index in [0.29, 0.717) is 5.69 Å². The summed E-state index contributed by atoms with van der Waals surface area (Å²) in [5.74, 6) is 2.34. The first-order chi connectivity index (χ1) is 10.6. The monoisotopic (exact) mass is 297 g/mol. The standard InChI is InChI=1S/C15H11N3O4/c16-8-1-3-10-11(5-8)15(22)18(14(10)21)13-4-2-9(6-19)17-12(13)7-20/h1,3,5,13,17H,2,4,16H2. The predicted molar refractivity (Wildman–Crippen MR) is 75.9 cm³/mol. The average molecular weight is 297 g/mol. The van der Waals surface area contributed by atoms with Gasteiger partial charge in [-0.25, -0.2) is 9.59 Å². The number of nitrogen functional groups attached to an aromatic ring is 1. The van der Waals surface area contributed by atoms with Gasteiger partial charge in [0.15, 0.2) is 0 Å². The van der Waals surface area contributed by atoms with Gasteiger partial charge in [-0.2, -0.15) is 0 Å². The van der Waals surface area contributed by atoms with Crippen LogP contribution >= 0.6 is 0 Å². The van der Waals surface area contributed by atoms with Crippen LogP contribution in [0.1, 0.15) is 33.6 Å². The summed E-state index contributed by atoms with van der Waals surface area (Å²) in [7, 11) is 0. The molecule has 0 bridgehead atoms. The van der Waals surface area contributed by atoms with Crippen molar-refractivity contribution in [2.45, 2.75) is 18.9 Å². The molecule has 1 fully saturated rings. The Bertz CT molecular complexity index is 801. The van der Waals surface area contributed by atoms with Crippen LogP contribution in [-0.2, 0) is 9.59 Å². The minimum atomic E-state index is -0.775. The van der Waals surface area contributed by atoms with Gasteiger partial charge in [0.2, 0.25) is 0 Å². The predicted octanol–water partition coefficient (Wildman–Crippen LogP) is 0.0478. The lowest BCUT2D eigenvalue weighted by Crippen LogP contribution is -2.46. The lowest BCUT2D eigenvalue weighted by atomic mass is 10.0. The lowest BCUT2D eigenvalue weighted by molar-refractivity contribution is 0.0593. The maximum atomic E-state index is 12.5. The lowest BCUT2D eigenvalue weighted by Gasteiger charge is -2.30. The van der Waals surface area contributed by atoms with Crippen molar-refractivity contribution in [1.29, 1.82) is 0 Å². The molecular weight excluding hydrogens is 286 g/mol. The average Bonchev–Trinajstić information content (AvgIpc) is 2.77. The maximum absolute atomic E-state index is 12.5. The first kappa shape index (κ1) is 13.8. The van der Waals surface area contributed by atoms with Crippen molar-refractivity contribution in [2.75, 3.05) is 5.73 Å². The molecule has 0 aromatic heterocycles. The second kappa shape index (κ2) is 5.00. The molecule has 7 nitrogen and oxygen atoms in total. The summed E-state index contributed by atoms with van der Waals surface area (Å²) in [4.78, 5) is 47.7. The normalized spacial score (nSPS) is 20.4. The fourth-order valence-corrected chi connectivity index (χ4v) is 2.72. The molecule has 0 aliphatic carbocycles. The van der Waals surface area contributed by atoms with Crippen LogP contribution in [0.4, 0.5) is 5.69 Å². The van der Waals surface area contributed by atoms with Gasteiger partial charge in [0.05, 0.1) is 17.2 Å². The van der Waals surface area contributed by atoms with Crippen molar-refractivity contribution in [2.24, 2.45) is 0 Å². The molecule has 2 aliphatic heterocycles. The minimum absolute atomic E-state index is 0.0212. The zero-order chi connectivity index (χ0) is 15.9. The van der Waals surface area contributed by atoms with Gasteiger partial charge in [0.25, 0.3) is 11.8 Å². The van der Waals surface area contributed by atoms with Crippen LogP contribution < -0.4 is 11.1 Å². The molecular formula is C15H11N3O4. The van der Waals surface area contributed by atoms with E-state index in [1.54, 1.807) is 11.9 Å². The van der Waals surface area contributed by atoms with Crippen LogP contribution in [0.25, 0.3) is 0 Å². The topological polar surface area (TPSA) is 110 Å². The summed E-state index contributed by atoms with van der Waals surface area (Å²) in [6.07, 6.45) is 0.554. The summed E-state index contributed by atoms with van der Waals surface area (Å²) in [6, 6.07) is 3.69. The SMILES string of the molecule is Nc1ccc2c(c1)C(=O)N(C1CCC(=C=O)NC1=C=O)C2=O. The fourth-order valence-electron chi connectivity index (χ4n) is 2.72. The van der Waals surface area contributed by atoms with E-state index in [0.717, 1.165) is 4.90 Å². The third kappa shape index (κ3) is 1.93. The molecule has 3 N–H and O–H groups in total. The number of anilines is 1. The van der Waals surface area contributed by atoms with Gasteiger partial charge < -0.3 is 11.1 Å². The highest BCUT2D eigenvalue weighted by Gasteiger charge is 2.43. The van der Waals surface area contributed by atoms with Crippen molar-refractivity contribution in [3.63, 3.8) is 0 Å². The Morgan fingerprint density at radius 3 is 2.55 bits per heavy atom. The molecule has 2 amide bonds. The first-order valence-electron chi connectivity index (χ1n) is 6.60. The van der Waals surface area contributed by atoms with Crippen molar-refractivity contribution in [3.8, 4) is 0 Å². The van der Waals surface area contributed by atoms with Crippen LogP contribution in [0, 0.1) is 0 Å². The number of benzene rings is 1. The van der Waals surface area contributed by atoms with Crippen molar-refractivity contribution < 1.29 is 19.2 Å². The van der Waals surface area contributed by atoms with E-state index < -0.39 is 17.9 Å². The maximum Gasteiger partial charge on any atom is 0.262 e. The Balaban J connectivity index is 2.00. The summed E-state index contributed by atoms with van der Waals surface area (Å²) in [5.41, 5.74) is 6.67. The van der Waals surface area contributed by atoms with Gasteiger partial charge in [-0.05, 0) is 24.6 Å². The molecule has 2 aliphatic rings. The Kier molecular flexibility index (Phi) is 3.14. The van der Waals surface area contributed by atoms with Crippen molar-refractivity contribution in [1.82, 2.24) is 10.2 Å². The number of piperidine rings is 1. The van der Waals surface area contributed by atoms with Gasteiger partial charge in [0.1, 0.15) is 23.3 Å². The summed E-state index contributed by atoms with van der Waals surface area (Å²) in [6.45, 7) is 0. The van der Waals surface area contributed by atoms with Crippen LogP contribution in [0.15, 0.2) is 29.6 Å². The molecule has 1 saturated heterocycles. The van der Waals surface area contributed by atoms with Crippen LogP contribution in [-0.4, -0.2) is 34.6 Å². The zero-order valence-corrected chi connectivity index (χ0v) is 11.4. The number of carbonyl (C=O) groups is 2. The molecule has 1 unspecified atom stereocenters. The van der Waals surface area contributed by atoms with Crippen molar-refractivity contribution >= 4 is 29.4 Å². The van der Waals surface area contributed by atoms with E-state index in [-0.39, 0.29) is 35.4 Å². The molecule has 3 rings (SSSR count). The second-order valence-corrected chi connectivity index (χ2v) is 5.06. The van der Waals surface area contributed by atoms with Crippen molar-refractivity contribution in [3.05, 3.63) is 40.7 Å². The molecule has 0 saturated carbocycles. The van der Waals surface area contributed by atoms with Gasteiger partial charge in [0, 0.05) is 12.1 Å². The van der Waals surface area contributed by atoms with Gasteiger partial charge in [-0.3, -0.25) is 14.5 Å². The largest absolute Gasteiger partial charge is 0.399 e. The highest BCUT2D eigenvalue weighted by atomic mass is 16.2. The third-order valence-corrected chi connectivity index (χ3v) is 3.77. The third-order valence-electron chi connectivity index (χ3n) is 3.77. The Morgan fingerprint density at radius 2 is 1.86 bits per heavy atom. The first-order valence-corrected chi connectivity index (χ1v) is 6.60. The van der Waals surface area contributed by atoms with E-state index in [1.807, 2.05) is 0 Å². The fraction of sp³-hybridized carbons (Fsp3) is 0.200. The number of amides is 2. The van der Waals surface area contributed by atoms with E-state index in [4.69, 9.17) is 5.73 Å². The zero-order valence-electron chi connectivity index (χ0n) is 11.4. The summed E-state index contributed by atoms with van der Waals surface area (Å²) < 4.78 is 0. The number of imide groups is 1. The summed E-state index contributed by atoms with van der Waals surface area (Å²) >= 11 is 0. The number of hydrogen-bond acceptors (Lipinski definition) is 6. The molecule has 1 aromatic rings. The molecule has 0 radical (unpaired) electrons. The summed E-state index contributed by atoms with van der Waals surface area (Å²) in [5, 5.41) is 2.57. The number of nitrogens with zero attached hydrogens (tertiary/aromatic N) is 1. The number of fused-ring (bicyclic) bond motifs is 1. The Hall–Kier alpha value is -3.14. The number of hydrogen-bond donors (Lipinski definition) is 2. The molecule has 1 atom stereocenters. The highest BCUT2D eigenvalue weighted by molar-refractivity contribution is 6.22. The minimum Gasteiger partial charge on any atom is -0.399 e. The van der Waals surface area contributed by atoms with E-state index in [2.05, 4.69) is 5.32 Å².